The number of benzene rings is 1. The summed E-state index contributed by atoms with van der Waals surface area (Å²) in [6.45, 7) is 3.99. The van der Waals surface area contributed by atoms with E-state index in [1.807, 2.05) is 13.8 Å². The van der Waals surface area contributed by atoms with Crippen molar-refractivity contribution in [2.45, 2.75) is 26.4 Å². The minimum absolute atomic E-state index is 0.0689. The number of carbonyl (C=O) groups is 1. The molecule has 0 spiro atoms. The van der Waals surface area contributed by atoms with Crippen molar-refractivity contribution in [1.29, 1.82) is 0 Å². The van der Waals surface area contributed by atoms with Gasteiger partial charge in [0.1, 0.15) is 5.75 Å². The van der Waals surface area contributed by atoms with Gasteiger partial charge in [-0.3, -0.25) is 4.79 Å². The summed E-state index contributed by atoms with van der Waals surface area (Å²) in [5, 5.41) is 21.7. The van der Waals surface area contributed by atoms with Crippen LogP contribution in [0, 0.1) is 5.92 Å². The van der Waals surface area contributed by atoms with Crippen molar-refractivity contribution in [2.75, 3.05) is 6.54 Å². The van der Waals surface area contributed by atoms with E-state index in [0.717, 1.165) is 0 Å². The first kappa shape index (κ1) is 14.8. The molecule has 0 aromatic heterocycles. The summed E-state index contributed by atoms with van der Waals surface area (Å²) in [5.41, 5.74) is 0.644. The SMILES string of the molecule is CC(C)C(O)CNC(=O)Cc1ccc(O)cc1Cl. The molecule has 0 saturated carbocycles. The predicted molar refractivity (Wildman–Crippen MR) is 70.7 cm³/mol. The molecule has 5 heteroatoms. The summed E-state index contributed by atoms with van der Waals surface area (Å²) < 4.78 is 0. The minimum Gasteiger partial charge on any atom is -0.508 e. The number of hydrogen-bond donors (Lipinski definition) is 3. The van der Waals surface area contributed by atoms with Crippen molar-refractivity contribution >= 4 is 17.5 Å². The molecular weight excluding hydrogens is 254 g/mol. The highest BCUT2D eigenvalue weighted by Gasteiger charge is 2.12. The Balaban J connectivity index is 2.50. The summed E-state index contributed by atoms with van der Waals surface area (Å²) in [7, 11) is 0. The van der Waals surface area contributed by atoms with E-state index in [1.54, 1.807) is 6.07 Å². The van der Waals surface area contributed by atoms with Crippen molar-refractivity contribution < 1.29 is 15.0 Å². The van der Waals surface area contributed by atoms with Crippen LogP contribution in [0.2, 0.25) is 5.02 Å². The zero-order valence-corrected chi connectivity index (χ0v) is 11.2. The van der Waals surface area contributed by atoms with E-state index < -0.39 is 6.10 Å². The Labute approximate surface area is 112 Å². The lowest BCUT2D eigenvalue weighted by molar-refractivity contribution is -0.121. The highest BCUT2D eigenvalue weighted by Crippen LogP contribution is 2.21. The van der Waals surface area contributed by atoms with E-state index in [4.69, 9.17) is 11.6 Å². The Hall–Kier alpha value is -1.26. The van der Waals surface area contributed by atoms with Gasteiger partial charge in [-0.25, -0.2) is 0 Å². The number of nitrogens with one attached hydrogen (secondary N) is 1. The van der Waals surface area contributed by atoms with Crippen molar-refractivity contribution in [2.24, 2.45) is 5.92 Å². The molecule has 1 rings (SSSR count). The molecule has 100 valence electrons. The van der Waals surface area contributed by atoms with Crippen LogP contribution in [0.1, 0.15) is 19.4 Å². The fourth-order valence-corrected chi connectivity index (χ4v) is 1.61. The van der Waals surface area contributed by atoms with Gasteiger partial charge in [0.2, 0.25) is 5.91 Å². The van der Waals surface area contributed by atoms with Crippen LogP contribution in [0.4, 0.5) is 0 Å². The Morgan fingerprint density at radius 2 is 2.11 bits per heavy atom. The molecule has 18 heavy (non-hydrogen) atoms. The van der Waals surface area contributed by atoms with Gasteiger partial charge in [0.25, 0.3) is 0 Å². The largest absolute Gasteiger partial charge is 0.508 e. The fourth-order valence-electron chi connectivity index (χ4n) is 1.37. The lowest BCUT2D eigenvalue weighted by Gasteiger charge is -2.15. The second-order valence-electron chi connectivity index (χ2n) is 4.57. The molecule has 0 saturated heterocycles. The van der Waals surface area contributed by atoms with E-state index in [9.17, 15) is 15.0 Å². The number of amides is 1. The molecular formula is C13H18ClNO3. The summed E-state index contributed by atoms with van der Waals surface area (Å²) >= 11 is 5.90. The van der Waals surface area contributed by atoms with E-state index in [-0.39, 0.29) is 30.5 Å². The van der Waals surface area contributed by atoms with Gasteiger partial charge in [0, 0.05) is 11.6 Å². The molecule has 0 aliphatic rings. The molecule has 3 N–H and O–H groups in total. The zero-order valence-electron chi connectivity index (χ0n) is 10.5. The zero-order chi connectivity index (χ0) is 13.7. The number of hydrogen-bond acceptors (Lipinski definition) is 3. The number of phenols is 1. The summed E-state index contributed by atoms with van der Waals surface area (Å²) in [5.74, 6) is -0.0377. The molecule has 0 radical (unpaired) electrons. The van der Waals surface area contributed by atoms with Crippen LogP contribution in [0.15, 0.2) is 18.2 Å². The van der Waals surface area contributed by atoms with E-state index >= 15 is 0 Å². The number of aliphatic hydroxyl groups excluding tert-OH is 1. The second-order valence-corrected chi connectivity index (χ2v) is 4.98. The van der Waals surface area contributed by atoms with Crippen molar-refractivity contribution in [3.05, 3.63) is 28.8 Å². The van der Waals surface area contributed by atoms with Crippen molar-refractivity contribution in [3.63, 3.8) is 0 Å². The molecule has 1 atom stereocenters. The lowest BCUT2D eigenvalue weighted by atomic mass is 10.1. The highest BCUT2D eigenvalue weighted by atomic mass is 35.5. The van der Waals surface area contributed by atoms with E-state index in [1.165, 1.54) is 12.1 Å². The summed E-state index contributed by atoms with van der Waals surface area (Å²) in [6, 6.07) is 4.49. The summed E-state index contributed by atoms with van der Waals surface area (Å²) in [6.07, 6.45) is -0.423. The molecule has 0 heterocycles. The molecule has 0 aliphatic carbocycles. The minimum atomic E-state index is -0.552. The van der Waals surface area contributed by atoms with Gasteiger partial charge < -0.3 is 15.5 Å². The Kier molecular flexibility index (Phi) is 5.44. The average Bonchev–Trinajstić information content (AvgIpc) is 2.29. The van der Waals surface area contributed by atoms with Crippen LogP contribution in [-0.2, 0) is 11.2 Å². The highest BCUT2D eigenvalue weighted by molar-refractivity contribution is 6.31. The van der Waals surface area contributed by atoms with Gasteiger partial charge in [-0.05, 0) is 23.6 Å². The molecule has 1 amide bonds. The maximum absolute atomic E-state index is 11.6. The Morgan fingerprint density at radius 1 is 1.44 bits per heavy atom. The van der Waals surface area contributed by atoms with Gasteiger partial charge in [0.05, 0.1) is 12.5 Å². The maximum atomic E-state index is 11.6. The number of aliphatic hydroxyl groups is 1. The number of phenolic OH excluding ortho intramolecular Hbond substituents is 1. The average molecular weight is 272 g/mol. The first-order valence-corrected chi connectivity index (χ1v) is 6.20. The first-order valence-electron chi connectivity index (χ1n) is 5.82. The predicted octanol–water partition coefficient (Wildman–Crippen LogP) is 1.72. The fraction of sp³-hybridized carbons (Fsp3) is 0.462. The molecule has 0 fully saturated rings. The molecule has 4 nitrogen and oxygen atoms in total. The standard InChI is InChI=1S/C13H18ClNO3/c1-8(2)12(17)7-15-13(18)5-9-3-4-10(16)6-11(9)14/h3-4,6,8,12,16-17H,5,7H2,1-2H3,(H,15,18). The first-order chi connectivity index (χ1) is 8.40. The monoisotopic (exact) mass is 271 g/mol. The Morgan fingerprint density at radius 3 is 2.67 bits per heavy atom. The number of aromatic hydroxyl groups is 1. The van der Waals surface area contributed by atoms with E-state index in [0.29, 0.717) is 10.6 Å². The number of carbonyl (C=O) groups excluding carboxylic acids is 1. The smallest absolute Gasteiger partial charge is 0.224 e. The van der Waals surface area contributed by atoms with Crippen LogP contribution >= 0.6 is 11.6 Å². The third kappa shape index (κ3) is 4.55. The lowest BCUT2D eigenvalue weighted by Crippen LogP contribution is -2.35. The van der Waals surface area contributed by atoms with Crippen LogP contribution in [0.3, 0.4) is 0 Å². The van der Waals surface area contributed by atoms with Gasteiger partial charge in [0.15, 0.2) is 0 Å². The van der Waals surface area contributed by atoms with Gasteiger partial charge in [-0.1, -0.05) is 31.5 Å². The van der Waals surface area contributed by atoms with Gasteiger partial charge in [-0.15, -0.1) is 0 Å². The summed E-state index contributed by atoms with van der Waals surface area (Å²) in [4.78, 5) is 11.6. The van der Waals surface area contributed by atoms with Crippen LogP contribution < -0.4 is 5.32 Å². The number of rotatable bonds is 5. The number of halogens is 1. The Bertz CT molecular complexity index is 421. The van der Waals surface area contributed by atoms with Crippen LogP contribution in [0.5, 0.6) is 5.75 Å². The molecule has 1 aromatic carbocycles. The van der Waals surface area contributed by atoms with Crippen molar-refractivity contribution in [1.82, 2.24) is 5.32 Å². The third-order valence-corrected chi connectivity index (χ3v) is 3.02. The van der Waals surface area contributed by atoms with Crippen LogP contribution in [-0.4, -0.2) is 28.8 Å². The maximum Gasteiger partial charge on any atom is 0.224 e. The normalized spacial score (nSPS) is 12.5. The van der Waals surface area contributed by atoms with Crippen molar-refractivity contribution in [3.8, 4) is 5.75 Å². The molecule has 0 aliphatic heterocycles. The molecule has 1 unspecified atom stereocenters. The van der Waals surface area contributed by atoms with Gasteiger partial charge in [-0.2, -0.15) is 0 Å². The van der Waals surface area contributed by atoms with Crippen LogP contribution in [0.25, 0.3) is 0 Å². The van der Waals surface area contributed by atoms with E-state index in [2.05, 4.69) is 5.32 Å². The quantitative estimate of drug-likeness (QED) is 0.764. The van der Waals surface area contributed by atoms with Gasteiger partial charge >= 0.3 is 0 Å². The topological polar surface area (TPSA) is 69.6 Å². The molecule has 1 aromatic rings. The second kappa shape index (κ2) is 6.61. The third-order valence-electron chi connectivity index (χ3n) is 2.67. The molecule has 0 bridgehead atoms.